The molecule has 13 heavy (non-hydrogen) atoms. The molecule has 1 saturated heterocycles. The van der Waals surface area contributed by atoms with Crippen molar-refractivity contribution in [2.24, 2.45) is 0 Å². The quantitative estimate of drug-likeness (QED) is 0.389. The zero-order valence-electron chi connectivity index (χ0n) is 8.21. The Labute approximate surface area is 79.9 Å². The van der Waals surface area contributed by atoms with Gasteiger partial charge in [0.15, 0.2) is 14.6 Å². The van der Waals surface area contributed by atoms with Gasteiger partial charge in [0.2, 0.25) is 0 Å². The standard InChI is InChI=1S/C9H16O3Si/c1-4-8(10)11-9-6-5-7-13(2,3)12-9/h4,9H,1,5-7H2,2-3H3. The van der Waals surface area contributed by atoms with Crippen molar-refractivity contribution >= 4 is 14.3 Å². The summed E-state index contributed by atoms with van der Waals surface area (Å²) in [6.45, 7) is 7.62. The second kappa shape index (κ2) is 4.06. The molecule has 0 N–H and O–H groups in total. The third-order valence-corrected chi connectivity index (χ3v) is 4.54. The molecule has 1 aliphatic rings. The first-order chi connectivity index (χ1) is 6.03. The van der Waals surface area contributed by atoms with Gasteiger partial charge in [-0.15, -0.1) is 0 Å². The van der Waals surface area contributed by atoms with Crippen LogP contribution in [0.25, 0.3) is 0 Å². The smallest absolute Gasteiger partial charge is 0.332 e. The summed E-state index contributed by atoms with van der Waals surface area (Å²) in [5.74, 6) is -0.392. The van der Waals surface area contributed by atoms with Gasteiger partial charge in [-0.1, -0.05) is 6.58 Å². The molecule has 0 aromatic carbocycles. The number of carbonyl (C=O) groups is 1. The van der Waals surface area contributed by atoms with E-state index in [0.717, 1.165) is 18.9 Å². The Morgan fingerprint density at radius 2 is 2.38 bits per heavy atom. The molecule has 4 heteroatoms. The summed E-state index contributed by atoms with van der Waals surface area (Å²) >= 11 is 0. The fourth-order valence-corrected chi connectivity index (χ4v) is 3.48. The normalized spacial score (nSPS) is 26.5. The van der Waals surface area contributed by atoms with Crippen LogP contribution in [0.1, 0.15) is 12.8 Å². The van der Waals surface area contributed by atoms with Crippen LogP contribution in [0.5, 0.6) is 0 Å². The minimum Gasteiger partial charge on any atom is -0.434 e. The Bertz CT molecular complexity index is 213. The molecule has 0 amide bonds. The molecule has 1 unspecified atom stereocenters. The summed E-state index contributed by atoms with van der Waals surface area (Å²) in [5.41, 5.74) is 0. The lowest BCUT2D eigenvalue weighted by Crippen LogP contribution is -2.41. The van der Waals surface area contributed by atoms with Gasteiger partial charge < -0.3 is 9.16 Å². The van der Waals surface area contributed by atoms with Gasteiger partial charge in [-0.25, -0.2) is 4.79 Å². The van der Waals surface area contributed by atoms with Crippen molar-refractivity contribution in [1.29, 1.82) is 0 Å². The van der Waals surface area contributed by atoms with Crippen molar-refractivity contribution < 1.29 is 14.0 Å². The van der Waals surface area contributed by atoms with E-state index >= 15 is 0 Å². The molecule has 0 aromatic rings. The van der Waals surface area contributed by atoms with Gasteiger partial charge in [0.25, 0.3) is 0 Å². The number of rotatable bonds is 2. The molecule has 0 bridgehead atoms. The molecule has 1 fully saturated rings. The van der Waals surface area contributed by atoms with Crippen LogP contribution in [0, 0.1) is 0 Å². The van der Waals surface area contributed by atoms with Gasteiger partial charge in [-0.05, 0) is 25.6 Å². The lowest BCUT2D eigenvalue weighted by Gasteiger charge is -2.33. The Balaban J connectivity index is 2.43. The molecule has 0 radical (unpaired) electrons. The largest absolute Gasteiger partial charge is 0.434 e. The summed E-state index contributed by atoms with van der Waals surface area (Å²) in [4.78, 5) is 10.9. The molecule has 74 valence electrons. The topological polar surface area (TPSA) is 35.5 Å². The minimum absolute atomic E-state index is 0.332. The highest BCUT2D eigenvalue weighted by molar-refractivity contribution is 6.71. The fourth-order valence-electron chi connectivity index (χ4n) is 1.43. The Hall–Kier alpha value is -0.613. The van der Waals surface area contributed by atoms with Crippen molar-refractivity contribution in [3.63, 3.8) is 0 Å². The number of hydrogen-bond acceptors (Lipinski definition) is 3. The molecule has 0 saturated carbocycles. The summed E-state index contributed by atoms with van der Waals surface area (Å²) in [7, 11) is -1.54. The van der Waals surface area contributed by atoms with Crippen LogP contribution >= 0.6 is 0 Å². The minimum atomic E-state index is -1.54. The van der Waals surface area contributed by atoms with Crippen LogP contribution in [0.4, 0.5) is 0 Å². The predicted molar refractivity (Wildman–Crippen MR) is 52.7 cm³/mol. The molecular weight excluding hydrogens is 184 g/mol. The molecule has 0 spiro atoms. The van der Waals surface area contributed by atoms with Crippen LogP contribution in [0.3, 0.4) is 0 Å². The van der Waals surface area contributed by atoms with E-state index in [4.69, 9.17) is 9.16 Å². The predicted octanol–water partition coefficient (Wildman–Crippen LogP) is 2.06. The van der Waals surface area contributed by atoms with Crippen molar-refractivity contribution in [2.45, 2.75) is 38.3 Å². The summed E-state index contributed by atoms with van der Waals surface area (Å²) in [6.07, 6.45) is 2.75. The molecule has 1 aliphatic heterocycles. The van der Waals surface area contributed by atoms with E-state index < -0.39 is 14.3 Å². The number of ether oxygens (including phenoxy) is 1. The average Bonchev–Trinajstić information content (AvgIpc) is 2.02. The third kappa shape index (κ3) is 3.32. The van der Waals surface area contributed by atoms with E-state index in [1.807, 2.05) is 0 Å². The molecule has 1 heterocycles. The molecule has 1 atom stereocenters. The molecule has 1 rings (SSSR count). The highest BCUT2D eigenvalue weighted by Gasteiger charge is 2.32. The molecule has 0 aliphatic carbocycles. The molecule has 3 nitrogen and oxygen atoms in total. The fraction of sp³-hybridized carbons (Fsp3) is 0.667. The summed E-state index contributed by atoms with van der Waals surface area (Å²) in [6, 6.07) is 1.15. The highest BCUT2D eigenvalue weighted by Crippen LogP contribution is 2.26. The lowest BCUT2D eigenvalue weighted by atomic mass is 10.3. The van der Waals surface area contributed by atoms with Crippen molar-refractivity contribution in [3.05, 3.63) is 12.7 Å². The second-order valence-corrected chi connectivity index (χ2v) is 8.10. The van der Waals surface area contributed by atoms with Gasteiger partial charge in [0.05, 0.1) is 0 Å². The van der Waals surface area contributed by atoms with E-state index in [2.05, 4.69) is 19.7 Å². The van der Waals surface area contributed by atoms with E-state index in [-0.39, 0.29) is 6.29 Å². The van der Waals surface area contributed by atoms with Gasteiger partial charge >= 0.3 is 5.97 Å². The third-order valence-electron chi connectivity index (χ3n) is 2.08. The van der Waals surface area contributed by atoms with Crippen molar-refractivity contribution in [1.82, 2.24) is 0 Å². The molecule has 0 aromatic heterocycles. The van der Waals surface area contributed by atoms with Gasteiger partial charge in [-0.2, -0.15) is 0 Å². The Kier molecular flexibility index (Phi) is 3.27. The van der Waals surface area contributed by atoms with Crippen LogP contribution in [-0.4, -0.2) is 20.6 Å². The number of carbonyl (C=O) groups excluding carboxylic acids is 1. The van der Waals surface area contributed by atoms with E-state index in [9.17, 15) is 4.79 Å². The highest BCUT2D eigenvalue weighted by atomic mass is 28.4. The van der Waals surface area contributed by atoms with E-state index in [1.54, 1.807) is 0 Å². The van der Waals surface area contributed by atoms with Gasteiger partial charge in [0, 0.05) is 12.5 Å². The van der Waals surface area contributed by atoms with Crippen LogP contribution in [-0.2, 0) is 14.0 Å². The SMILES string of the molecule is C=CC(=O)OC1CCC[Si](C)(C)O1. The van der Waals surface area contributed by atoms with Crippen LogP contribution in [0.2, 0.25) is 19.1 Å². The van der Waals surface area contributed by atoms with Crippen LogP contribution < -0.4 is 0 Å². The van der Waals surface area contributed by atoms with Crippen LogP contribution in [0.15, 0.2) is 12.7 Å². The maximum absolute atomic E-state index is 10.9. The van der Waals surface area contributed by atoms with Gasteiger partial charge in [-0.3, -0.25) is 0 Å². The summed E-state index contributed by atoms with van der Waals surface area (Å²) in [5, 5.41) is 0. The van der Waals surface area contributed by atoms with Gasteiger partial charge in [0.1, 0.15) is 0 Å². The van der Waals surface area contributed by atoms with E-state index in [0.29, 0.717) is 0 Å². The Morgan fingerprint density at radius 1 is 1.69 bits per heavy atom. The number of esters is 1. The monoisotopic (exact) mass is 200 g/mol. The lowest BCUT2D eigenvalue weighted by molar-refractivity contribution is -0.160. The first kappa shape index (κ1) is 10.5. The van der Waals surface area contributed by atoms with E-state index in [1.165, 1.54) is 6.08 Å². The zero-order chi connectivity index (χ0) is 9.90. The van der Waals surface area contributed by atoms with Crippen molar-refractivity contribution in [3.8, 4) is 0 Å². The first-order valence-corrected chi connectivity index (χ1v) is 7.66. The summed E-state index contributed by atoms with van der Waals surface area (Å²) < 4.78 is 10.7. The van der Waals surface area contributed by atoms with Crippen molar-refractivity contribution in [2.75, 3.05) is 0 Å². The Morgan fingerprint density at radius 3 is 2.92 bits per heavy atom. The first-order valence-electron chi connectivity index (χ1n) is 4.54. The molecular formula is C9H16O3Si. The zero-order valence-corrected chi connectivity index (χ0v) is 9.21. The maximum Gasteiger partial charge on any atom is 0.332 e. The average molecular weight is 200 g/mol. The maximum atomic E-state index is 10.9. The number of hydrogen-bond donors (Lipinski definition) is 0. The second-order valence-electron chi connectivity index (χ2n) is 3.84.